The van der Waals surface area contributed by atoms with Gasteiger partial charge in [-0.05, 0) is 50.7 Å². The molecule has 4 nitrogen and oxygen atoms in total. The minimum absolute atomic E-state index is 0.465. The van der Waals surface area contributed by atoms with Crippen LogP contribution in [0.25, 0.3) is 0 Å². The van der Waals surface area contributed by atoms with Crippen LogP contribution >= 0.6 is 11.8 Å². The molecule has 2 fully saturated rings. The zero-order valence-electron chi connectivity index (χ0n) is 12.4. The number of hydrogen-bond donors (Lipinski definition) is 1. The Kier molecular flexibility index (Phi) is 4.40. The number of aromatic carboxylic acids is 1. The molecule has 0 aliphatic carbocycles. The topological polar surface area (TPSA) is 43.8 Å². The highest BCUT2D eigenvalue weighted by molar-refractivity contribution is 7.98. The third-order valence-electron chi connectivity index (χ3n) is 4.60. The van der Waals surface area contributed by atoms with Crippen molar-refractivity contribution < 1.29 is 9.90 Å². The van der Waals surface area contributed by atoms with Gasteiger partial charge in [-0.25, -0.2) is 4.79 Å². The quantitative estimate of drug-likeness (QED) is 0.867. The number of anilines is 1. The summed E-state index contributed by atoms with van der Waals surface area (Å²) in [5.41, 5.74) is 1.35. The number of carboxylic acids is 1. The average Bonchev–Trinajstić information content (AvgIpc) is 3.16. The SMILES string of the molecule is CSc1cccc(N2CCC(N3CCCC3)C2)c1C(=O)O. The van der Waals surface area contributed by atoms with Gasteiger partial charge in [0.05, 0.1) is 11.3 Å². The minimum atomic E-state index is -0.820. The fourth-order valence-electron chi connectivity index (χ4n) is 3.53. The summed E-state index contributed by atoms with van der Waals surface area (Å²) in [6.45, 7) is 4.32. The molecular weight excluding hydrogens is 284 g/mol. The second kappa shape index (κ2) is 6.28. The number of thioether (sulfide) groups is 1. The van der Waals surface area contributed by atoms with E-state index >= 15 is 0 Å². The number of nitrogens with zero attached hydrogens (tertiary/aromatic N) is 2. The molecule has 1 atom stereocenters. The van der Waals surface area contributed by atoms with E-state index in [1.54, 1.807) is 0 Å². The van der Waals surface area contributed by atoms with Crippen molar-refractivity contribution in [3.05, 3.63) is 23.8 Å². The largest absolute Gasteiger partial charge is 0.478 e. The van der Waals surface area contributed by atoms with Crippen LogP contribution in [0.1, 0.15) is 29.6 Å². The maximum Gasteiger partial charge on any atom is 0.338 e. The number of rotatable bonds is 4. The Hall–Kier alpha value is -1.20. The number of carbonyl (C=O) groups is 1. The predicted octanol–water partition coefficient (Wildman–Crippen LogP) is 2.78. The molecule has 114 valence electrons. The molecule has 0 aromatic heterocycles. The molecule has 1 unspecified atom stereocenters. The molecule has 21 heavy (non-hydrogen) atoms. The van der Waals surface area contributed by atoms with E-state index in [-0.39, 0.29) is 0 Å². The molecule has 2 saturated heterocycles. The molecule has 2 aliphatic heterocycles. The molecule has 5 heteroatoms. The highest BCUT2D eigenvalue weighted by atomic mass is 32.2. The Morgan fingerprint density at radius 3 is 2.71 bits per heavy atom. The van der Waals surface area contributed by atoms with Gasteiger partial charge in [-0.1, -0.05) is 6.07 Å². The van der Waals surface area contributed by atoms with Crippen LogP contribution in [-0.2, 0) is 0 Å². The predicted molar refractivity (Wildman–Crippen MR) is 86.6 cm³/mol. The summed E-state index contributed by atoms with van der Waals surface area (Å²) >= 11 is 1.50. The molecule has 1 aromatic carbocycles. The van der Waals surface area contributed by atoms with Crippen molar-refractivity contribution in [1.29, 1.82) is 0 Å². The summed E-state index contributed by atoms with van der Waals surface area (Å²) in [6.07, 6.45) is 5.68. The van der Waals surface area contributed by atoms with Gasteiger partial charge in [0.25, 0.3) is 0 Å². The minimum Gasteiger partial charge on any atom is -0.478 e. The molecule has 1 N–H and O–H groups in total. The van der Waals surface area contributed by atoms with Crippen molar-refractivity contribution in [2.75, 3.05) is 37.3 Å². The molecule has 0 radical (unpaired) electrons. The van der Waals surface area contributed by atoms with Crippen LogP contribution in [0.5, 0.6) is 0 Å². The summed E-state index contributed by atoms with van der Waals surface area (Å²) < 4.78 is 0. The van der Waals surface area contributed by atoms with Crippen LogP contribution in [0.2, 0.25) is 0 Å². The van der Waals surface area contributed by atoms with Crippen LogP contribution in [0, 0.1) is 0 Å². The first-order chi connectivity index (χ1) is 10.2. The fraction of sp³-hybridized carbons (Fsp3) is 0.562. The van der Waals surface area contributed by atoms with Gasteiger partial charge in [0.1, 0.15) is 0 Å². The Morgan fingerprint density at radius 1 is 1.29 bits per heavy atom. The third kappa shape index (κ3) is 2.90. The number of hydrogen-bond acceptors (Lipinski definition) is 4. The monoisotopic (exact) mass is 306 g/mol. The molecule has 0 spiro atoms. The van der Waals surface area contributed by atoms with Crippen molar-refractivity contribution in [1.82, 2.24) is 4.90 Å². The van der Waals surface area contributed by atoms with E-state index in [9.17, 15) is 9.90 Å². The zero-order valence-corrected chi connectivity index (χ0v) is 13.2. The number of benzene rings is 1. The Bertz CT molecular complexity index is 529. The Labute approximate surface area is 130 Å². The van der Waals surface area contributed by atoms with Crippen LogP contribution in [-0.4, -0.2) is 54.5 Å². The third-order valence-corrected chi connectivity index (χ3v) is 5.38. The average molecular weight is 306 g/mol. The number of carboxylic acid groups (broad SMARTS) is 1. The smallest absolute Gasteiger partial charge is 0.338 e. The number of likely N-dealkylation sites (tertiary alicyclic amines) is 1. The molecule has 2 heterocycles. The van der Waals surface area contributed by atoms with Crippen molar-refractivity contribution >= 4 is 23.4 Å². The lowest BCUT2D eigenvalue weighted by Crippen LogP contribution is -2.35. The standard InChI is InChI=1S/C16H22N2O2S/c1-21-14-6-4-5-13(15(14)16(19)20)18-10-7-12(11-18)17-8-2-3-9-17/h4-6,12H,2-3,7-11H2,1H3,(H,19,20). The van der Waals surface area contributed by atoms with Crippen LogP contribution in [0.4, 0.5) is 5.69 Å². The van der Waals surface area contributed by atoms with E-state index in [2.05, 4.69) is 9.80 Å². The van der Waals surface area contributed by atoms with Gasteiger partial charge in [0, 0.05) is 24.0 Å². The zero-order chi connectivity index (χ0) is 14.8. The Morgan fingerprint density at radius 2 is 2.05 bits per heavy atom. The van der Waals surface area contributed by atoms with E-state index in [0.29, 0.717) is 11.6 Å². The van der Waals surface area contributed by atoms with Crippen LogP contribution < -0.4 is 4.90 Å². The lowest BCUT2D eigenvalue weighted by Gasteiger charge is -2.25. The Balaban J connectivity index is 1.82. The molecule has 0 amide bonds. The van der Waals surface area contributed by atoms with E-state index in [1.807, 2.05) is 24.5 Å². The van der Waals surface area contributed by atoms with Gasteiger partial charge in [-0.3, -0.25) is 4.90 Å². The first-order valence-electron chi connectivity index (χ1n) is 7.60. The van der Waals surface area contributed by atoms with Gasteiger partial charge in [-0.15, -0.1) is 11.8 Å². The first kappa shape index (κ1) is 14.7. The summed E-state index contributed by atoms with van der Waals surface area (Å²) in [5, 5.41) is 9.56. The van der Waals surface area contributed by atoms with Gasteiger partial charge < -0.3 is 10.0 Å². The van der Waals surface area contributed by atoms with Crippen LogP contribution in [0.15, 0.2) is 23.1 Å². The van der Waals surface area contributed by atoms with E-state index < -0.39 is 5.97 Å². The lowest BCUT2D eigenvalue weighted by atomic mass is 10.1. The lowest BCUT2D eigenvalue weighted by molar-refractivity contribution is 0.0694. The van der Waals surface area contributed by atoms with Gasteiger partial charge in [0.15, 0.2) is 0 Å². The van der Waals surface area contributed by atoms with Gasteiger partial charge in [-0.2, -0.15) is 0 Å². The van der Waals surface area contributed by atoms with E-state index in [0.717, 1.165) is 30.1 Å². The highest BCUT2D eigenvalue weighted by Crippen LogP contribution is 2.33. The second-order valence-electron chi connectivity index (χ2n) is 5.79. The summed E-state index contributed by atoms with van der Waals surface area (Å²) in [7, 11) is 0. The molecule has 0 saturated carbocycles. The molecular formula is C16H22N2O2S. The van der Waals surface area contributed by atoms with Gasteiger partial charge in [0.2, 0.25) is 0 Å². The van der Waals surface area contributed by atoms with Crippen molar-refractivity contribution in [3.8, 4) is 0 Å². The van der Waals surface area contributed by atoms with Crippen LogP contribution in [0.3, 0.4) is 0 Å². The first-order valence-corrected chi connectivity index (χ1v) is 8.82. The van der Waals surface area contributed by atoms with Gasteiger partial charge >= 0.3 is 5.97 Å². The normalized spacial score (nSPS) is 22.9. The van der Waals surface area contributed by atoms with Crippen molar-refractivity contribution in [2.24, 2.45) is 0 Å². The van der Waals surface area contributed by atoms with Crippen molar-refractivity contribution in [2.45, 2.75) is 30.2 Å². The molecule has 0 bridgehead atoms. The fourth-order valence-corrected chi connectivity index (χ4v) is 4.14. The van der Waals surface area contributed by atoms with Crippen molar-refractivity contribution in [3.63, 3.8) is 0 Å². The molecule has 3 rings (SSSR count). The maximum atomic E-state index is 11.6. The van der Waals surface area contributed by atoms with E-state index in [4.69, 9.17) is 0 Å². The highest BCUT2D eigenvalue weighted by Gasteiger charge is 2.31. The maximum absolute atomic E-state index is 11.6. The molecule has 1 aromatic rings. The summed E-state index contributed by atoms with van der Waals surface area (Å²) in [4.78, 5) is 17.3. The second-order valence-corrected chi connectivity index (χ2v) is 6.64. The van der Waals surface area contributed by atoms with E-state index in [1.165, 1.54) is 37.7 Å². The molecule has 2 aliphatic rings. The summed E-state index contributed by atoms with van der Waals surface area (Å²) in [6, 6.07) is 6.41. The summed E-state index contributed by atoms with van der Waals surface area (Å²) in [5.74, 6) is -0.820.